The van der Waals surface area contributed by atoms with E-state index in [-0.39, 0.29) is 10.6 Å². The molecular formula is C14H14F3NO2S. The van der Waals surface area contributed by atoms with Gasteiger partial charge < -0.3 is 10.1 Å². The minimum Gasteiger partial charge on any atom is -0.482 e. The Balaban J connectivity index is 2.54. The number of halogens is 3. The van der Waals surface area contributed by atoms with E-state index in [0.717, 1.165) is 33.7 Å². The number of hydrogen-bond acceptors (Lipinski definition) is 4. The number of rotatable bonds is 5. The second kappa shape index (κ2) is 5.93. The Morgan fingerprint density at radius 3 is 2.62 bits per heavy atom. The summed E-state index contributed by atoms with van der Waals surface area (Å²) in [6.45, 7) is 0.571. The predicted molar refractivity (Wildman–Crippen MR) is 77.7 cm³/mol. The van der Waals surface area contributed by atoms with Crippen LogP contribution in [-0.2, 0) is 6.42 Å². The van der Waals surface area contributed by atoms with Crippen molar-refractivity contribution in [1.82, 2.24) is 0 Å². The van der Waals surface area contributed by atoms with Crippen molar-refractivity contribution in [1.29, 1.82) is 0 Å². The fourth-order valence-electron chi connectivity index (χ4n) is 2.09. The van der Waals surface area contributed by atoms with Crippen LogP contribution in [0.3, 0.4) is 0 Å². The van der Waals surface area contributed by atoms with Gasteiger partial charge in [0.1, 0.15) is 10.6 Å². The van der Waals surface area contributed by atoms with Crippen LogP contribution in [0.2, 0.25) is 0 Å². The molecule has 0 bridgehead atoms. The van der Waals surface area contributed by atoms with E-state index in [4.69, 9.17) is 4.74 Å². The predicted octanol–water partition coefficient (Wildman–Crippen LogP) is 4.26. The van der Waals surface area contributed by atoms with Crippen LogP contribution in [-0.4, -0.2) is 26.1 Å². The van der Waals surface area contributed by atoms with E-state index in [9.17, 15) is 18.0 Å². The van der Waals surface area contributed by atoms with Crippen molar-refractivity contribution in [2.24, 2.45) is 0 Å². The van der Waals surface area contributed by atoms with Gasteiger partial charge in [0.05, 0.1) is 0 Å². The van der Waals surface area contributed by atoms with Gasteiger partial charge in [-0.2, -0.15) is 13.2 Å². The zero-order valence-corrected chi connectivity index (χ0v) is 12.3. The molecule has 0 saturated heterocycles. The van der Waals surface area contributed by atoms with Crippen LogP contribution in [0.4, 0.5) is 18.9 Å². The van der Waals surface area contributed by atoms with Crippen LogP contribution >= 0.6 is 11.3 Å². The van der Waals surface area contributed by atoms with Crippen LogP contribution in [0.15, 0.2) is 12.1 Å². The van der Waals surface area contributed by atoms with E-state index in [1.807, 2.05) is 13.0 Å². The zero-order valence-electron chi connectivity index (χ0n) is 11.5. The Bertz CT molecular complexity index is 664. The first-order valence-corrected chi connectivity index (χ1v) is 7.13. The second-order valence-corrected chi connectivity index (χ2v) is 5.51. The molecule has 1 N–H and O–H groups in total. The van der Waals surface area contributed by atoms with E-state index in [1.165, 1.54) is 0 Å². The van der Waals surface area contributed by atoms with Crippen LogP contribution in [0.5, 0.6) is 5.75 Å². The number of nitrogens with one attached hydrogen (secondary N) is 1. The number of aryl methyl sites for hydroxylation is 1. The monoisotopic (exact) mass is 317 g/mol. The molecule has 0 atom stereocenters. The number of thiophene rings is 1. The highest BCUT2D eigenvalue weighted by molar-refractivity contribution is 7.21. The number of ether oxygens (including phenoxy) is 1. The molecular weight excluding hydrogens is 303 g/mol. The molecule has 0 aliphatic rings. The Kier molecular flexibility index (Phi) is 4.41. The minimum atomic E-state index is -4.44. The van der Waals surface area contributed by atoms with Crippen LogP contribution in [0.25, 0.3) is 10.1 Å². The molecule has 21 heavy (non-hydrogen) atoms. The second-order valence-electron chi connectivity index (χ2n) is 4.43. The van der Waals surface area contributed by atoms with Gasteiger partial charge in [0.15, 0.2) is 12.9 Å². The number of anilines is 1. The maximum Gasteiger partial charge on any atom is 0.422 e. The average Bonchev–Trinajstić information content (AvgIpc) is 2.79. The third-order valence-electron chi connectivity index (χ3n) is 3.03. The van der Waals surface area contributed by atoms with E-state index >= 15 is 0 Å². The largest absolute Gasteiger partial charge is 0.482 e. The van der Waals surface area contributed by atoms with Gasteiger partial charge in [-0.1, -0.05) is 6.92 Å². The summed E-state index contributed by atoms with van der Waals surface area (Å²) in [5, 5.41) is 3.53. The van der Waals surface area contributed by atoms with Gasteiger partial charge in [0, 0.05) is 22.8 Å². The molecule has 3 nitrogen and oxygen atoms in total. The van der Waals surface area contributed by atoms with Crippen molar-refractivity contribution in [3.05, 3.63) is 22.6 Å². The Labute approximate surface area is 123 Å². The maximum absolute atomic E-state index is 12.3. The molecule has 0 saturated carbocycles. The molecule has 114 valence electrons. The fourth-order valence-corrected chi connectivity index (χ4v) is 3.10. The number of hydrogen-bond donors (Lipinski definition) is 1. The summed E-state index contributed by atoms with van der Waals surface area (Å²) in [7, 11) is 1.74. The molecule has 0 spiro atoms. The molecule has 0 aliphatic heterocycles. The van der Waals surface area contributed by atoms with Gasteiger partial charge in [0.2, 0.25) is 0 Å². The highest BCUT2D eigenvalue weighted by Crippen LogP contribution is 2.40. The number of aldehydes is 1. The lowest BCUT2D eigenvalue weighted by Gasteiger charge is -2.11. The molecule has 2 rings (SSSR count). The number of benzene rings is 1. The molecule has 0 aliphatic carbocycles. The molecule has 1 aromatic heterocycles. The zero-order chi connectivity index (χ0) is 15.6. The van der Waals surface area contributed by atoms with Crippen molar-refractivity contribution in [2.45, 2.75) is 19.5 Å². The number of carbonyl (C=O) groups excluding carboxylic acids is 1. The highest BCUT2D eigenvalue weighted by atomic mass is 32.1. The summed E-state index contributed by atoms with van der Waals surface area (Å²) in [6, 6.07) is 3.60. The van der Waals surface area contributed by atoms with Gasteiger partial charge in [-0.25, -0.2) is 0 Å². The summed E-state index contributed by atoms with van der Waals surface area (Å²) in [4.78, 5) is 11.2. The fraction of sp³-hybridized carbons (Fsp3) is 0.357. The summed E-state index contributed by atoms with van der Waals surface area (Å²) in [5.41, 5.74) is 1.85. The minimum absolute atomic E-state index is 0.00137. The lowest BCUT2D eigenvalue weighted by Crippen LogP contribution is -2.19. The standard InChI is InChI=1S/C14H14F3NO2S/c1-3-8-4-11-9(5-10(8)18-2)13(12(6-19)21-11)20-7-14(15,16)17/h4-6,18H,3,7H2,1-2H3. The number of carbonyl (C=O) groups is 1. The summed E-state index contributed by atoms with van der Waals surface area (Å²) in [6.07, 6.45) is -3.14. The van der Waals surface area contributed by atoms with Crippen molar-refractivity contribution in [2.75, 3.05) is 19.0 Å². The van der Waals surface area contributed by atoms with Gasteiger partial charge in [-0.3, -0.25) is 4.79 Å². The maximum atomic E-state index is 12.3. The number of alkyl halides is 3. The highest BCUT2D eigenvalue weighted by Gasteiger charge is 2.29. The molecule has 0 unspecified atom stereocenters. The van der Waals surface area contributed by atoms with Crippen molar-refractivity contribution in [3.63, 3.8) is 0 Å². The molecule has 0 fully saturated rings. The van der Waals surface area contributed by atoms with Crippen molar-refractivity contribution >= 4 is 33.4 Å². The normalized spacial score (nSPS) is 11.7. The van der Waals surface area contributed by atoms with E-state index < -0.39 is 12.8 Å². The van der Waals surface area contributed by atoms with Crippen LogP contribution in [0.1, 0.15) is 22.2 Å². The van der Waals surface area contributed by atoms with Gasteiger partial charge in [0.25, 0.3) is 0 Å². The molecule has 2 aromatic rings. The lowest BCUT2D eigenvalue weighted by molar-refractivity contribution is -0.153. The average molecular weight is 317 g/mol. The molecule has 0 radical (unpaired) electrons. The van der Waals surface area contributed by atoms with Crippen LogP contribution < -0.4 is 10.1 Å². The van der Waals surface area contributed by atoms with Gasteiger partial charge in [-0.15, -0.1) is 11.3 Å². The molecule has 1 aromatic carbocycles. The summed E-state index contributed by atoms with van der Waals surface area (Å²) in [5.74, 6) is 0.00137. The summed E-state index contributed by atoms with van der Waals surface area (Å²) < 4.78 is 42.6. The quantitative estimate of drug-likeness (QED) is 0.838. The SMILES string of the molecule is CCc1cc2sc(C=O)c(OCC(F)(F)F)c2cc1NC. The van der Waals surface area contributed by atoms with E-state index in [0.29, 0.717) is 11.7 Å². The Hall–Kier alpha value is -1.76. The summed E-state index contributed by atoms with van der Waals surface area (Å²) >= 11 is 1.14. The molecule has 1 heterocycles. The smallest absolute Gasteiger partial charge is 0.422 e. The van der Waals surface area contributed by atoms with Gasteiger partial charge >= 0.3 is 6.18 Å². The van der Waals surface area contributed by atoms with E-state index in [1.54, 1.807) is 13.1 Å². The topological polar surface area (TPSA) is 38.3 Å². The molecule has 7 heteroatoms. The Morgan fingerprint density at radius 2 is 2.10 bits per heavy atom. The van der Waals surface area contributed by atoms with Crippen molar-refractivity contribution < 1.29 is 22.7 Å². The molecule has 0 amide bonds. The van der Waals surface area contributed by atoms with Crippen LogP contribution in [0, 0.1) is 0 Å². The first-order valence-electron chi connectivity index (χ1n) is 6.31. The Morgan fingerprint density at radius 1 is 1.38 bits per heavy atom. The van der Waals surface area contributed by atoms with Gasteiger partial charge in [-0.05, 0) is 24.1 Å². The number of fused-ring (bicyclic) bond motifs is 1. The third kappa shape index (κ3) is 3.29. The third-order valence-corrected chi connectivity index (χ3v) is 4.09. The first kappa shape index (κ1) is 15.6. The lowest BCUT2D eigenvalue weighted by atomic mass is 10.1. The van der Waals surface area contributed by atoms with E-state index in [2.05, 4.69) is 5.32 Å². The first-order chi connectivity index (χ1) is 9.89. The van der Waals surface area contributed by atoms with Crippen molar-refractivity contribution in [3.8, 4) is 5.75 Å².